The fraction of sp³-hybridized carbons (Fsp3) is 0.556. The van der Waals surface area contributed by atoms with Crippen LogP contribution in [0.15, 0.2) is 29.0 Å². The van der Waals surface area contributed by atoms with E-state index in [1.165, 1.54) is 17.4 Å². The molecule has 0 bridgehead atoms. The molecule has 8 nitrogen and oxygen atoms in total. The SMILES string of the molecule is O=C(NCC[NH+]1CCOCC1)c1cnn2c1N[C@@H](c1ccco1)C[C@H]2C(F)(F)F. The fourth-order valence-electron chi connectivity index (χ4n) is 3.76. The number of anilines is 1. The molecule has 2 aromatic rings. The molecular weight excluding hydrogens is 391 g/mol. The second-order valence-electron chi connectivity index (χ2n) is 7.23. The molecular formula is C18H23F3N5O3+. The number of amides is 1. The number of carbonyl (C=O) groups excluding carboxylic acids is 1. The quantitative estimate of drug-likeness (QED) is 0.674. The summed E-state index contributed by atoms with van der Waals surface area (Å²) in [5, 5.41) is 9.64. The molecule has 0 radical (unpaired) electrons. The third-order valence-corrected chi connectivity index (χ3v) is 5.33. The van der Waals surface area contributed by atoms with Gasteiger partial charge in [0.2, 0.25) is 0 Å². The molecule has 2 atom stereocenters. The number of nitrogens with zero attached hydrogens (tertiary/aromatic N) is 2. The maximum absolute atomic E-state index is 13.6. The summed E-state index contributed by atoms with van der Waals surface area (Å²) in [6.45, 7) is 4.28. The fourth-order valence-corrected chi connectivity index (χ4v) is 3.76. The molecule has 1 saturated heterocycles. The van der Waals surface area contributed by atoms with Crippen molar-refractivity contribution in [3.8, 4) is 0 Å². The maximum atomic E-state index is 13.6. The third kappa shape index (κ3) is 4.25. The van der Waals surface area contributed by atoms with E-state index in [9.17, 15) is 18.0 Å². The van der Waals surface area contributed by atoms with Crippen LogP contribution in [0.3, 0.4) is 0 Å². The summed E-state index contributed by atoms with van der Waals surface area (Å²) in [6.07, 6.45) is -2.18. The molecule has 158 valence electrons. The Labute approximate surface area is 165 Å². The monoisotopic (exact) mass is 414 g/mol. The number of aromatic nitrogens is 2. The number of quaternary nitrogens is 1. The second kappa shape index (κ2) is 8.07. The molecule has 2 aromatic heterocycles. The van der Waals surface area contributed by atoms with Crippen LogP contribution in [-0.4, -0.2) is 61.3 Å². The van der Waals surface area contributed by atoms with Crippen molar-refractivity contribution in [1.82, 2.24) is 15.1 Å². The van der Waals surface area contributed by atoms with Gasteiger partial charge in [0.15, 0.2) is 6.04 Å². The molecule has 2 aliphatic rings. The smallest absolute Gasteiger partial charge is 0.410 e. The van der Waals surface area contributed by atoms with Gasteiger partial charge in [0.1, 0.15) is 30.2 Å². The Balaban J connectivity index is 1.49. The standard InChI is InChI=1S/C18H22F3N5O3/c19-18(20,21)15-10-13(14-2-1-7-29-14)24-16-12(11-23-26(15)16)17(27)22-3-4-25-5-8-28-9-6-25/h1-2,7,11,13,15,24H,3-6,8-10H2,(H,22,27)/p+1/t13-,15+/m1/s1. The molecule has 4 rings (SSSR count). The van der Waals surface area contributed by atoms with E-state index in [1.807, 2.05) is 0 Å². The zero-order valence-corrected chi connectivity index (χ0v) is 15.7. The first-order valence-electron chi connectivity index (χ1n) is 9.57. The van der Waals surface area contributed by atoms with E-state index in [0.29, 0.717) is 25.5 Å². The predicted octanol–water partition coefficient (Wildman–Crippen LogP) is 0.781. The maximum Gasteiger partial charge on any atom is 0.410 e. The minimum atomic E-state index is -4.50. The number of morpholine rings is 1. The highest BCUT2D eigenvalue weighted by Gasteiger charge is 2.47. The second-order valence-corrected chi connectivity index (χ2v) is 7.23. The highest BCUT2D eigenvalue weighted by Crippen LogP contribution is 2.44. The summed E-state index contributed by atoms with van der Waals surface area (Å²) in [5.41, 5.74) is 0.0903. The van der Waals surface area contributed by atoms with Crippen LogP contribution in [0, 0.1) is 0 Å². The lowest BCUT2D eigenvalue weighted by atomic mass is 10.0. The summed E-state index contributed by atoms with van der Waals surface area (Å²) in [4.78, 5) is 13.9. The van der Waals surface area contributed by atoms with Crippen molar-refractivity contribution in [3.63, 3.8) is 0 Å². The van der Waals surface area contributed by atoms with Gasteiger partial charge >= 0.3 is 6.18 Å². The first-order chi connectivity index (χ1) is 13.9. The van der Waals surface area contributed by atoms with Crippen molar-refractivity contribution in [3.05, 3.63) is 35.9 Å². The van der Waals surface area contributed by atoms with Crippen LogP contribution in [0.5, 0.6) is 0 Å². The Bertz CT molecular complexity index is 830. The third-order valence-electron chi connectivity index (χ3n) is 5.33. The molecule has 2 aliphatic heterocycles. The molecule has 1 amide bonds. The zero-order valence-electron chi connectivity index (χ0n) is 15.7. The summed E-state index contributed by atoms with van der Waals surface area (Å²) in [5.74, 6) is -0.0161. The van der Waals surface area contributed by atoms with Crippen LogP contribution in [-0.2, 0) is 4.74 Å². The van der Waals surface area contributed by atoms with Crippen molar-refractivity contribution in [1.29, 1.82) is 0 Å². The Morgan fingerprint density at radius 1 is 1.38 bits per heavy atom. The minimum absolute atomic E-state index is 0.0520. The lowest BCUT2D eigenvalue weighted by Crippen LogP contribution is -3.14. The normalized spacial score (nSPS) is 22.7. The van der Waals surface area contributed by atoms with Crippen LogP contribution in [0.25, 0.3) is 0 Å². The van der Waals surface area contributed by atoms with E-state index < -0.39 is 24.2 Å². The number of fused-ring (bicyclic) bond motifs is 1. The molecule has 11 heteroatoms. The van der Waals surface area contributed by atoms with Crippen molar-refractivity contribution < 1.29 is 32.0 Å². The van der Waals surface area contributed by atoms with Crippen molar-refractivity contribution >= 4 is 11.7 Å². The van der Waals surface area contributed by atoms with Gasteiger partial charge in [0, 0.05) is 6.42 Å². The first kappa shape index (κ1) is 19.8. The zero-order chi connectivity index (χ0) is 20.4. The number of hydrogen-bond donors (Lipinski definition) is 3. The largest absolute Gasteiger partial charge is 0.467 e. The van der Waals surface area contributed by atoms with E-state index >= 15 is 0 Å². The van der Waals surface area contributed by atoms with Gasteiger partial charge in [-0.05, 0) is 12.1 Å². The van der Waals surface area contributed by atoms with Gasteiger partial charge in [0.05, 0.1) is 44.8 Å². The van der Waals surface area contributed by atoms with Crippen LogP contribution in [0.1, 0.15) is 34.6 Å². The van der Waals surface area contributed by atoms with Gasteiger partial charge in [-0.15, -0.1) is 0 Å². The number of hydrogen-bond acceptors (Lipinski definition) is 5. The van der Waals surface area contributed by atoms with Crippen LogP contribution in [0.4, 0.5) is 19.0 Å². The van der Waals surface area contributed by atoms with Crippen molar-refractivity contribution in [2.75, 3.05) is 44.7 Å². The van der Waals surface area contributed by atoms with Gasteiger partial charge < -0.3 is 24.7 Å². The summed E-state index contributed by atoms with van der Waals surface area (Å²) in [7, 11) is 0. The van der Waals surface area contributed by atoms with E-state index in [0.717, 1.165) is 24.3 Å². The average Bonchev–Trinajstić information content (AvgIpc) is 3.37. The van der Waals surface area contributed by atoms with E-state index in [1.54, 1.807) is 12.1 Å². The highest BCUT2D eigenvalue weighted by molar-refractivity contribution is 5.98. The number of rotatable bonds is 5. The van der Waals surface area contributed by atoms with Crippen molar-refractivity contribution in [2.24, 2.45) is 0 Å². The molecule has 0 unspecified atom stereocenters. The van der Waals surface area contributed by atoms with Crippen LogP contribution in [0.2, 0.25) is 0 Å². The summed E-state index contributed by atoms with van der Waals surface area (Å²) < 4.78 is 52.3. The van der Waals surface area contributed by atoms with Gasteiger partial charge in [-0.25, -0.2) is 4.68 Å². The number of carbonyl (C=O) groups is 1. The van der Waals surface area contributed by atoms with Crippen molar-refractivity contribution in [2.45, 2.75) is 24.7 Å². The summed E-state index contributed by atoms with van der Waals surface area (Å²) in [6, 6.07) is 0.688. The molecule has 1 fully saturated rings. The predicted molar refractivity (Wildman–Crippen MR) is 95.7 cm³/mol. The Kier molecular flexibility index (Phi) is 5.50. The summed E-state index contributed by atoms with van der Waals surface area (Å²) >= 11 is 0. The van der Waals surface area contributed by atoms with Gasteiger partial charge in [-0.1, -0.05) is 0 Å². The average molecular weight is 414 g/mol. The molecule has 4 heterocycles. The molecule has 3 N–H and O–H groups in total. The molecule has 29 heavy (non-hydrogen) atoms. The minimum Gasteiger partial charge on any atom is -0.467 e. The Hall–Kier alpha value is -2.53. The van der Waals surface area contributed by atoms with E-state index in [-0.39, 0.29) is 17.8 Å². The van der Waals surface area contributed by atoms with E-state index in [4.69, 9.17) is 9.15 Å². The highest BCUT2D eigenvalue weighted by atomic mass is 19.4. The molecule has 0 aliphatic carbocycles. The number of alkyl halides is 3. The van der Waals surface area contributed by atoms with Crippen LogP contribution >= 0.6 is 0 Å². The first-order valence-corrected chi connectivity index (χ1v) is 9.57. The van der Waals surface area contributed by atoms with E-state index in [2.05, 4.69) is 15.7 Å². The topological polar surface area (TPSA) is 85.8 Å². The van der Waals surface area contributed by atoms with Gasteiger partial charge in [-0.2, -0.15) is 18.3 Å². The van der Waals surface area contributed by atoms with Crippen LogP contribution < -0.4 is 15.5 Å². The lowest BCUT2D eigenvalue weighted by molar-refractivity contribution is -0.906. The number of nitrogens with one attached hydrogen (secondary N) is 3. The lowest BCUT2D eigenvalue weighted by Gasteiger charge is -2.32. The molecule has 0 aromatic carbocycles. The number of furan rings is 1. The van der Waals surface area contributed by atoms with Gasteiger partial charge in [0.25, 0.3) is 5.91 Å². The van der Waals surface area contributed by atoms with Gasteiger partial charge in [-0.3, -0.25) is 4.79 Å². The number of ether oxygens (including phenoxy) is 1. The molecule has 0 saturated carbocycles. The Morgan fingerprint density at radius 2 is 2.17 bits per heavy atom. The number of halogens is 3. The Morgan fingerprint density at radius 3 is 2.86 bits per heavy atom. The molecule has 0 spiro atoms.